The van der Waals surface area contributed by atoms with E-state index in [1.807, 2.05) is 20.8 Å². The summed E-state index contributed by atoms with van der Waals surface area (Å²) in [6, 6.07) is -0.0835. The van der Waals surface area contributed by atoms with E-state index >= 15 is 0 Å². The molecule has 0 bridgehead atoms. The molecule has 1 aliphatic rings. The Hall–Kier alpha value is -0.770. The van der Waals surface area contributed by atoms with Crippen LogP contribution in [0.5, 0.6) is 0 Å². The molecular weight excluding hydrogens is 194 g/mol. The van der Waals surface area contributed by atoms with Crippen molar-refractivity contribution < 1.29 is 14.6 Å². The average Bonchev–Trinajstić information content (AvgIpc) is 2.47. The quantitative estimate of drug-likeness (QED) is 0.725. The Balaban J connectivity index is 2.59. The van der Waals surface area contributed by atoms with Crippen LogP contribution < -0.4 is 0 Å². The first-order valence-corrected chi connectivity index (χ1v) is 5.49. The van der Waals surface area contributed by atoms with Crippen LogP contribution in [0.2, 0.25) is 0 Å². The summed E-state index contributed by atoms with van der Waals surface area (Å²) in [5.41, 5.74) is -0.469. The Bertz CT molecular complexity index is 232. The maximum absolute atomic E-state index is 11.8. The van der Waals surface area contributed by atoms with Gasteiger partial charge in [-0.05, 0) is 40.5 Å². The van der Waals surface area contributed by atoms with Gasteiger partial charge in [-0.2, -0.15) is 0 Å². The van der Waals surface area contributed by atoms with Gasteiger partial charge in [0, 0.05) is 6.54 Å². The summed E-state index contributed by atoms with van der Waals surface area (Å²) in [6.45, 7) is 7.94. The number of ether oxygens (including phenoxy) is 1. The number of hydrogen-bond acceptors (Lipinski definition) is 3. The van der Waals surface area contributed by atoms with Crippen LogP contribution in [-0.4, -0.2) is 40.4 Å². The molecule has 1 rings (SSSR count). The van der Waals surface area contributed by atoms with Gasteiger partial charge in [0.1, 0.15) is 5.60 Å². The van der Waals surface area contributed by atoms with Gasteiger partial charge in [0.15, 0.2) is 0 Å². The molecule has 2 atom stereocenters. The molecule has 0 radical (unpaired) electrons. The number of aliphatic hydroxyl groups is 1. The zero-order chi connectivity index (χ0) is 11.6. The topological polar surface area (TPSA) is 49.8 Å². The summed E-state index contributed by atoms with van der Waals surface area (Å²) in [5, 5.41) is 9.52. The van der Waals surface area contributed by atoms with Crippen LogP contribution in [0.1, 0.15) is 40.5 Å². The molecule has 15 heavy (non-hydrogen) atoms. The lowest BCUT2D eigenvalue weighted by atomic mass is 10.1. The van der Waals surface area contributed by atoms with E-state index < -0.39 is 11.7 Å². The Labute approximate surface area is 91.2 Å². The highest BCUT2D eigenvalue weighted by Gasteiger charge is 2.34. The molecule has 4 nitrogen and oxygen atoms in total. The molecular formula is C11H21NO3. The molecule has 1 saturated heterocycles. The second-order valence-electron chi connectivity index (χ2n) is 5.12. The van der Waals surface area contributed by atoms with Crippen molar-refractivity contribution in [2.45, 2.75) is 58.3 Å². The Kier molecular flexibility index (Phi) is 3.60. The Morgan fingerprint density at radius 1 is 1.53 bits per heavy atom. The summed E-state index contributed by atoms with van der Waals surface area (Å²) in [4.78, 5) is 13.4. The second-order valence-corrected chi connectivity index (χ2v) is 5.12. The molecule has 1 fully saturated rings. The van der Waals surface area contributed by atoms with Crippen molar-refractivity contribution in [3.63, 3.8) is 0 Å². The minimum Gasteiger partial charge on any atom is -0.444 e. The third-order valence-electron chi connectivity index (χ3n) is 2.48. The van der Waals surface area contributed by atoms with Gasteiger partial charge in [-0.3, -0.25) is 0 Å². The lowest BCUT2D eigenvalue weighted by Gasteiger charge is -2.29. The van der Waals surface area contributed by atoms with Crippen molar-refractivity contribution >= 4 is 6.09 Å². The second kappa shape index (κ2) is 4.39. The van der Waals surface area contributed by atoms with Crippen LogP contribution in [0.15, 0.2) is 0 Å². The first kappa shape index (κ1) is 12.3. The van der Waals surface area contributed by atoms with Gasteiger partial charge in [0.05, 0.1) is 12.1 Å². The maximum atomic E-state index is 11.8. The molecule has 0 spiro atoms. The number of carbonyl (C=O) groups excluding carboxylic acids is 1. The van der Waals surface area contributed by atoms with Crippen molar-refractivity contribution in [3.8, 4) is 0 Å². The largest absolute Gasteiger partial charge is 0.444 e. The van der Waals surface area contributed by atoms with Crippen LogP contribution in [-0.2, 0) is 4.74 Å². The van der Waals surface area contributed by atoms with Gasteiger partial charge in [-0.15, -0.1) is 0 Å². The highest BCUT2D eigenvalue weighted by molar-refractivity contribution is 5.69. The number of hydrogen-bond donors (Lipinski definition) is 1. The Morgan fingerprint density at radius 2 is 2.13 bits per heavy atom. The van der Waals surface area contributed by atoms with Crippen LogP contribution in [0.4, 0.5) is 4.79 Å². The summed E-state index contributed by atoms with van der Waals surface area (Å²) < 4.78 is 5.28. The SMILES string of the molecule is C[C@H](O)[C@H]1CCCN1C(=O)OC(C)(C)C. The van der Waals surface area contributed by atoms with Gasteiger partial charge >= 0.3 is 6.09 Å². The van der Waals surface area contributed by atoms with Crippen LogP contribution >= 0.6 is 0 Å². The van der Waals surface area contributed by atoms with Gasteiger partial charge in [0.25, 0.3) is 0 Å². The fourth-order valence-corrected chi connectivity index (χ4v) is 1.84. The van der Waals surface area contributed by atoms with E-state index in [0.29, 0.717) is 6.54 Å². The lowest BCUT2D eigenvalue weighted by molar-refractivity contribution is 0.00801. The number of nitrogens with zero attached hydrogens (tertiary/aromatic N) is 1. The number of amides is 1. The number of carbonyl (C=O) groups is 1. The predicted octanol–water partition coefficient (Wildman–Crippen LogP) is 1.77. The lowest BCUT2D eigenvalue weighted by Crippen LogP contribution is -2.44. The van der Waals surface area contributed by atoms with Crippen LogP contribution in [0, 0.1) is 0 Å². The summed E-state index contributed by atoms with van der Waals surface area (Å²) in [7, 11) is 0. The van der Waals surface area contributed by atoms with Crippen molar-refractivity contribution in [3.05, 3.63) is 0 Å². The molecule has 0 saturated carbocycles. The van der Waals surface area contributed by atoms with Gasteiger partial charge in [-0.1, -0.05) is 0 Å². The summed E-state index contributed by atoms with van der Waals surface area (Å²) in [5.74, 6) is 0. The van der Waals surface area contributed by atoms with Crippen LogP contribution in [0.3, 0.4) is 0 Å². The molecule has 1 aliphatic heterocycles. The predicted molar refractivity (Wildman–Crippen MR) is 57.6 cm³/mol. The first-order valence-electron chi connectivity index (χ1n) is 5.49. The number of rotatable bonds is 1. The minimum absolute atomic E-state index is 0.0835. The molecule has 1 amide bonds. The zero-order valence-corrected chi connectivity index (χ0v) is 9.99. The molecule has 0 aliphatic carbocycles. The zero-order valence-electron chi connectivity index (χ0n) is 9.99. The smallest absolute Gasteiger partial charge is 0.410 e. The van der Waals surface area contributed by atoms with E-state index in [1.165, 1.54) is 0 Å². The standard InChI is InChI=1S/C11H21NO3/c1-8(13)9-6-5-7-12(9)10(14)15-11(2,3)4/h8-9,13H,5-7H2,1-4H3/t8-,9+/m0/s1. The minimum atomic E-state index is -0.486. The van der Waals surface area contributed by atoms with E-state index in [0.717, 1.165) is 12.8 Å². The summed E-state index contributed by atoms with van der Waals surface area (Å²) in [6.07, 6.45) is 0.997. The maximum Gasteiger partial charge on any atom is 0.410 e. The van der Waals surface area contributed by atoms with Crippen molar-refractivity contribution in [2.24, 2.45) is 0 Å². The normalized spacial score (nSPS) is 24.1. The molecule has 0 aromatic carbocycles. The van der Waals surface area contributed by atoms with E-state index in [1.54, 1.807) is 11.8 Å². The molecule has 1 heterocycles. The average molecular weight is 215 g/mol. The number of likely N-dealkylation sites (tertiary alicyclic amines) is 1. The Morgan fingerprint density at radius 3 is 2.60 bits per heavy atom. The molecule has 4 heteroatoms. The van der Waals surface area contributed by atoms with Crippen molar-refractivity contribution in [1.82, 2.24) is 4.90 Å². The van der Waals surface area contributed by atoms with E-state index in [9.17, 15) is 9.90 Å². The fourth-order valence-electron chi connectivity index (χ4n) is 1.84. The number of aliphatic hydroxyl groups excluding tert-OH is 1. The monoisotopic (exact) mass is 215 g/mol. The van der Waals surface area contributed by atoms with Crippen LogP contribution in [0.25, 0.3) is 0 Å². The van der Waals surface area contributed by atoms with Gasteiger partial charge < -0.3 is 14.7 Å². The molecule has 0 aromatic heterocycles. The fraction of sp³-hybridized carbons (Fsp3) is 0.909. The van der Waals surface area contributed by atoms with E-state index in [2.05, 4.69) is 0 Å². The van der Waals surface area contributed by atoms with Gasteiger partial charge in [-0.25, -0.2) is 4.79 Å². The highest BCUT2D eigenvalue weighted by atomic mass is 16.6. The third-order valence-corrected chi connectivity index (χ3v) is 2.48. The van der Waals surface area contributed by atoms with Crippen molar-refractivity contribution in [2.75, 3.05) is 6.54 Å². The molecule has 1 N–H and O–H groups in total. The molecule has 0 unspecified atom stereocenters. The van der Waals surface area contributed by atoms with E-state index in [-0.39, 0.29) is 12.1 Å². The first-order chi connectivity index (χ1) is 6.81. The van der Waals surface area contributed by atoms with Crippen molar-refractivity contribution in [1.29, 1.82) is 0 Å². The summed E-state index contributed by atoms with van der Waals surface area (Å²) >= 11 is 0. The third kappa shape index (κ3) is 3.38. The molecule has 0 aromatic rings. The highest BCUT2D eigenvalue weighted by Crippen LogP contribution is 2.22. The molecule has 88 valence electrons. The van der Waals surface area contributed by atoms with E-state index in [4.69, 9.17) is 4.74 Å². The van der Waals surface area contributed by atoms with Gasteiger partial charge in [0.2, 0.25) is 0 Å².